The summed E-state index contributed by atoms with van der Waals surface area (Å²) in [6.45, 7) is 2.91. The molecule has 0 spiro atoms. The molecule has 0 unspecified atom stereocenters. The van der Waals surface area contributed by atoms with E-state index >= 15 is 0 Å². The summed E-state index contributed by atoms with van der Waals surface area (Å²) in [5.74, 6) is -0.220. The monoisotopic (exact) mass is 256 g/mol. The SMILES string of the molecule is CN1CCN(C(=O)c2cc([N+](=O)[O-])sn2)CC1. The van der Waals surface area contributed by atoms with Crippen LogP contribution in [0, 0.1) is 10.1 Å². The van der Waals surface area contributed by atoms with Gasteiger partial charge in [0.25, 0.3) is 5.91 Å². The van der Waals surface area contributed by atoms with Crippen molar-refractivity contribution in [2.24, 2.45) is 0 Å². The molecule has 8 heteroatoms. The van der Waals surface area contributed by atoms with Crippen LogP contribution in [0.5, 0.6) is 0 Å². The number of hydrogen-bond acceptors (Lipinski definition) is 6. The molecule has 1 aliphatic heterocycles. The van der Waals surface area contributed by atoms with E-state index in [-0.39, 0.29) is 16.6 Å². The molecule has 1 amide bonds. The number of rotatable bonds is 2. The fourth-order valence-corrected chi connectivity index (χ4v) is 2.18. The summed E-state index contributed by atoms with van der Waals surface area (Å²) in [6.07, 6.45) is 0. The largest absolute Gasteiger partial charge is 0.343 e. The molecule has 17 heavy (non-hydrogen) atoms. The molecule has 1 saturated heterocycles. The topological polar surface area (TPSA) is 79.6 Å². The van der Waals surface area contributed by atoms with E-state index in [4.69, 9.17) is 0 Å². The quantitative estimate of drug-likeness (QED) is 0.566. The molecule has 1 aliphatic rings. The van der Waals surface area contributed by atoms with Gasteiger partial charge in [-0.3, -0.25) is 14.9 Å². The van der Waals surface area contributed by atoms with Crippen LogP contribution >= 0.6 is 11.5 Å². The van der Waals surface area contributed by atoms with Crippen LogP contribution in [0.3, 0.4) is 0 Å². The summed E-state index contributed by atoms with van der Waals surface area (Å²) in [4.78, 5) is 25.8. The van der Waals surface area contributed by atoms with Crippen LogP contribution in [0.15, 0.2) is 6.07 Å². The Hall–Kier alpha value is -1.54. The maximum atomic E-state index is 12.0. The number of nitrogens with zero attached hydrogens (tertiary/aromatic N) is 4. The maximum Gasteiger partial charge on any atom is 0.343 e. The fourth-order valence-electron chi connectivity index (χ4n) is 1.62. The standard InChI is InChI=1S/C9H12N4O3S/c1-11-2-4-12(5-3-11)9(14)7-6-8(13(15)16)17-10-7/h6H,2-5H2,1H3. The number of hydrogen-bond donors (Lipinski definition) is 0. The molecule has 0 atom stereocenters. The highest BCUT2D eigenvalue weighted by molar-refractivity contribution is 7.09. The van der Waals surface area contributed by atoms with Crippen molar-refractivity contribution in [3.63, 3.8) is 0 Å². The van der Waals surface area contributed by atoms with Crippen molar-refractivity contribution < 1.29 is 9.72 Å². The predicted molar refractivity (Wildman–Crippen MR) is 62.2 cm³/mol. The first kappa shape index (κ1) is 11.9. The zero-order valence-electron chi connectivity index (χ0n) is 9.33. The normalized spacial score (nSPS) is 17.1. The summed E-state index contributed by atoms with van der Waals surface area (Å²) in [5, 5.41) is 10.4. The lowest BCUT2D eigenvalue weighted by Gasteiger charge is -2.31. The first-order valence-electron chi connectivity index (χ1n) is 5.17. The van der Waals surface area contributed by atoms with Crippen LogP contribution in [-0.2, 0) is 0 Å². The summed E-state index contributed by atoms with van der Waals surface area (Å²) < 4.78 is 3.83. The van der Waals surface area contributed by atoms with Gasteiger partial charge in [-0.2, -0.15) is 4.37 Å². The molecular weight excluding hydrogens is 244 g/mol. The van der Waals surface area contributed by atoms with Crippen LogP contribution in [0.25, 0.3) is 0 Å². The average Bonchev–Trinajstić information content (AvgIpc) is 2.78. The fraction of sp³-hybridized carbons (Fsp3) is 0.556. The molecule has 1 aromatic heterocycles. The van der Waals surface area contributed by atoms with E-state index in [1.54, 1.807) is 4.90 Å². The number of likely N-dealkylation sites (N-methyl/N-ethyl adjacent to an activating group) is 1. The molecule has 92 valence electrons. The van der Waals surface area contributed by atoms with Crippen molar-refractivity contribution in [2.45, 2.75) is 0 Å². The Bertz CT molecular complexity index is 439. The molecule has 2 heterocycles. The lowest BCUT2D eigenvalue weighted by molar-refractivity contribution is -0.380. The first-order chi connectivity index (χ1) is 8.08. The molecular formula is C9H12N4O3S. The van der Waals surface area contributed by atoms with Crippen molar-refractivity contribution in [1.82, 2.24) is 14.2 Å². The summed E-state index contributed by atoms with van der Waals surface area (Å²) in [5.41, 5.74) is 0.172. The Morgan fingerprint density at radius 3 is 2.65 bits per heavy atom. The second-order valence-electron chi connectivity index (χ2n) is 3.90. The zero-order valence-corrected chi connectivity index (χ0v) is 10.1. The molecule has 0 bridgehead atoms. The Balaban J connectivity index is 2.06. The van der Waals surface area contributed by atoms with Gasteiger partial charge in [0, 0.05) is 37.7 Å². The molecule has 1 aromatic rings. The number of amides is 1. The smallest absolute Gasteiger partial charge is 0.335 e. The molecule has 0 aromatic carbocycles. The minimum atomic E-state index is -0.529. The molecule has 1 fully saturated rings. The molecule has 2 rings (SSSR count). The van der Waals surface area contributed by atoms with Gasteiger partial charge in [0.15, 0.2) is 0 Å². The highest BCUT2D eigenvalue weighted by atomic mass is 32.1. The highest BCUT2D eigenvalue weighted by Gasteiger charge is 2.24. The van der Waals surface area contributed by atoms with Crippen LogP contribution in [0.1, 0.15) is 10.5 Å². The van der Waals surface area contributed by atoms with Gasteiger partial charge in [0.05, 0.1) is 11.0 Å². The van der Waals surface area contributed by atoms with Gasteiger partial charge in [0.2, 0.25) is 0 Å². The van der Waals surface area contributed by atoms with E-state index in [9.17, 15) is 14.9 Å². The van der Waals surface area contributed by atoms with Crippen molar-refractivity contribution in [3.8, 4) is 0 Å². The van der Waals surface area contributed by atoms with E-state index < -0.39 is 4.92 Å². The van der Waals surface area contributed by atoms with Crippen LogP contribution < -0.4 is 0 Å². The molecule has 0 saturated carbocycles. The van der Waals surface area contributed by atoms with Gasteiger partial charge in [0.1, 0.15) is 5.69 Å². The lowest BCUT2D eigenvalue weighted by Crippen LogP contribution is -2.47. The van der Waals surface area contributed by atoms with Crippen molar-refractivity contribution >= 4 is 22.4 Å². The number of carbonyl (C=O) groups excluding carboxylic acids is 1. The van der Waals surface area contributed by atoms with Crippen LogP contribution in [0.2, 0.25) is 0 Å². The Morgan fingerprint density at radius 2 is 2.12 bits per heavy atom. The van der Waals surface area contributed by atoms with E-state index in [1.807, 2.05) is 7.05 Å². The molecule has 0 N–H and O–H groups in total. The van der Waals surface area contributed by atoms with E-state index in [1.165, 1.54) is 6.07 Å². The van der Waals surface area contributed by atoms with Gasteiger partial charge >= 0.3 is 5.00 Å². The third kappa shape index (κ3) is 2.59. The minimum Gasteiger partial charge on any atom is -0.335 e. The summed E-state index contributed by atoms with van der Waals surface area (Å²) in [7, 11) is 2.00. The van der Waals surface area contributed by atoms with Crippen molar-refractivity contribution in [2.75, 3.05) is 33.2 Å². The minimum absolute atomic E-state index is 0.0949. The van der Waals surface area contributed by atoms with E-state index in [0.29, 0.717) is 13.1 Å². The Kier molecular flexibility index (Phi) is 3.34. The number of nitro groups is 1. The number of aromatic nitrogens is 1. The summed E-state index contributed by atoms with van der Waals surface area (Å²) >= 11 is 0.744. The van der Waals surface area contributed by atoms with Gasteiger partial charge in [-0.1, -0.05) is 0 Å². The average molecular weight is 256 g/mol. The number of piperazine rings is 1. The second kappa shape index (κ2) is 4.76. The number of carbonyl (C=O) groups is 1. The van der Waals surface area contributed by atoms with E-state index in [0.717, 1.165) is 24.6 Å². The Labute approximate surface area is 102 Å². The third-order valence-electron chi connectivity index (χ3n) is 2.69. The van der Waals surface area contributed by atoms with Crippen molar-refractivity contribution in [3.05, 3.63) is 21.9 Å². The van der Waals surface area contributed by atoms with Gasteiger partial charge in [-0.05, 0) is 7.05 Å². The van der Waals surface area contributed by atoms with Crippen molar-refractivity contribution in [1.29, 1.82) is 0 Å². The van der Waals surface area contributed by atoms with Crippen LogP contribution in [-0.4, -0.2) is 58.2 Å². The van der Waals surface area contributed by atoms with E-state index in [2.05, 4.69) is 9.27 Å². The third-order valence-corrected chi connectivity index (χ3v) is 3.43. The van der Waals surface area contributed by atoms with Gasteiger partial charge in [-0.25, -0.2) is 0 Å². The molecule has 7 nitrogen and oxygen atoms in total. The highest BCUT2D eigenvalue weighted by Crippen LogP contribution is 2.20. The summed E-state index contributed by atoms with van der Waals surface area (Å²) in [6, 6.07) is 1.24. The van der Waals surface area contributed by atoms with Gasteiger partial charge < -0.3 is 9.80 Å². The zero-order chi connectivity index (χ0) is 12.4. The Morgan fingerprint density at radius 1 is 1.47 bits per heavy atom. The lowest BCUT2D eigenvalue weighted by atomic mass is 10.3. The van der Waals surface area contributed by atoms with Crippen LogP contribution in [0.4, 0.5) is 5.00 Å². The first-order valence-corrected chi connectivity index (χ1v) is 5.94. The predicted octanol–water partition coefficient (Wildman–Crippen LogP) is 0.439. The maximum absolute atomic E-state index is 12.0. The molecule has 0 radical (unpaired) electrons. The van der Waals surface area contributed by atoms with Gasteiger partial charge in [-0.15, -0.1) is 0 Å². The second-order valence-corrected chi connectivity index (χ2v) is 4.69. The molecule has 0 aliphatic carbocycles.